The highest BCUT2D eigenvalue weighted by Crippen LogP contribution is 2.51. The van der Waals surface area contributed by atoms with Gasteiger partial charge in [0.1, 0.15) is 0 Å². The fourth-order valence-corrected chi connectivity index (χ4v) is 7.46. The lowest BCUT2D eigenvalue weighted by Crippen LogP contribution is -2.53. The van der Waals surface area contributed by atoms with Gasteiger partial charge < -0.3 is 9.74 Å². The first-order chi connectivity index (χ1) is 17.4. The molecule has 0 bridgehead atoms. The van der Waals surface area contributed by atoms with Crippen molar-refractivity contribution in [1.29, 1.82) is 0 Å². The molecule has 1 heterocycles. The maximum Gasteiger partial charge on any atom is 0.247 e. The molecule has 2 aliphatic carbocycles. The molecule has 0 spiro atoms. The molecule has 7 atom stereocenters. The van der Waals surface area contributed by atoms with Gasteiger partial charge in [0.25, 0.3) is 0 Å². The second kappa shape index (κ2) is 12.3. The Bertz CT molecular complexity index is 992. The molecule has 1 amide bonds. The molecular weight excluding hydrogens is 472 g/mol. The van der Waals surface area contributed by atoms with Crippen molar-refractivity contribution in [3.05, 3.63) is 66.0 Å². The standard InChI is InChI=1S/C32H50N2O2Si/c1-10-26(31(35)34-21-25-13-12-18-33-20-25)14-11-15-28-22(2)16-17-27-19-23(3)30(24(4)29(27)28)36-37(8,9)32(5,6)7/h11-18,20,22-24,27-30H,10,19,21H2,1-9H3,(H,34,35)/b15-11+,26-14+/t22-,23+,24-,27-,28-,29-,30-/m0/s1. The third-order valence-corrected chi connectivity index (χ3v) is 13.7. The third kappa shape index (κ3) is 7.11. The van der Waals surface area contributed by atoms with Crippen molar-refractivity contribution in [2.45, 2.75) is 92.1 Å². The molecule has 0 aromatic carbocycles. The Morgan fingerprint density at radius 1 is 1.22 bits per heavy atom. The number of amides is 1. The van der Waals surface area contributed by atoms with Gasteiger partial charge in [0.15, 0.2) is 8.32 Å². The zero-order valence-electron chi connectivity index (χ0n) is 24.6. The molecule has 1 saturated carbocycles. The van der Waals surface area contributed by atoms with Crippen LogP contribution in [0.4, 0.5) is 0 Å². The summed E-state index contributed by atoms with van der Waals surface area (Å²) in [6.45, 7) is 21.5. The lowest BCUT2D eigenvalue weighted by atomic mass is 9.58. The van der Waals surface area contributed by atoms with Gasteiger partial charge in [0, 0.05) is 24.5 Å². The first kappa shape index (κ1) is 29.6. The van der Waals surface area contributed by atoms with Crippen molar-refractivity contribution in [3.63, 3.8) is 0 Å². The van der Waals surface area contributed by atoms with E-state index in [0.29, 0.717) is 54.6 Å². The minimum Gasteiger partial charge on any atom is -0.413 e. The zero-order chi connectivity index (χ0) is 27.4. The second-order valence-corrected chi connectivity index (χ2v) is 17.7. The molecule has 37 heavy (non-hydrogen) atoms. The van der Waals surface area contributed by atoms with E-state index >= 15 is 0 Å². The largest absolute Gasteiger partial charge is 0.413 e. The molecule has 1 N–H and O–H groups in total. The van der Waals surface area contributed by atoms with Gasteiger partial charge in [0.05, 0.1) is 6.10 Å². The van der Waals surface area contributed by atoms with Crippen LogP contribution >= 0.6 is 0 Å². The van der Waals surface area contributed by atoms with Crippen LogP contribution in [0.2, 0.25) is 18.1 Å². The number of fused-ring (bicyclic) bond motifs is 1. The lowest BCUT2D eigenvalue weighted by Gasteiger charge is -2.52. The summed E-state index contributed by atoms with van der Waals surface area (Å²) in [6.07, 6.45) is 17.1. The number of allylic oxidation sites excluding steroid dienone is 5. The summed E-state index contributed by atoms with van der Waals surface area (Å²) in [5.74, 6) is 3.10. The van der Waals surface area contributed by atoms with Crippen LogP contribution in [0.3, 0.4) is 0 Å². The highest BCUT2D eigenvalue weighted by atomic mass is 28.4. The first-order valence-electron chi connectivity index (χ1n) is 14.3. The quantitative estimate of drug-likeness (QED) is 0.165. The Labute approximate surface area is 227 Å². The van der Waals surface area contributed by atoms with E-state index in [2.05, 4.69) is 89.2 Å². The zero-order valence-corrected chi connectivity index (χ0v) is 25.6. The van der Waals surface area contributed by atoms with E-state index in [4.69, 9.17) is 4.43 Å². The number of carbonyl (C=O) groups is 1. The predicted molar refractivity (Wildman–Crippen MR) is 157 cm³/mol. The first-order valence-corrected chi connectivity index (χ1v) is 17.2. The van der Waals surface area contributed by atoms with Gasteiger partial charge in [-0.25, -0.2) is 0 Å². The molecule has 3 rings (SSSR count). The van der Waals surface area contributed by atoms with Crippen molar-refractivity contribution in [2.24, 2.45) is 35.5 Å². The van der Waals surface area contributed by atoms with Crippen molar-refractivity contribution >= 4 is 14.2 Å². The number of hydrogen-bond donors (Lipinski definition) is 1. The summed E-state index contributed by atoms with van der Waals surface area (Å²) in [6, 6.07) is 3.87. The summed E-state index contributed by atoms with van der Waals surface area (Å²) < 4.78 is 7.08. The van der Waals surface area contributed by atoms with E-state index in [1.807, 2.05) is 25.1 Å². The number of hydrogen-bond acceptors (Lipinski definition) is 3. The molecule has 1 aromatic rings. The third-order valence-electron chi connectivity index (χ3n) is 9.25. The van der Waals surface area contributed by atoms with E-state index in [9.17, 15) is 4.79 Å². The van der Waals surface area contributed by atoms with Crippen LogP contribution in [0.5, 0.6) is 0 Å². The minimum atomic E-state index is -1.86. The van der Waals surface area contributed by atoms with Crippen molar-refractivity contribution in [1.82, 2.24) is 10.3 Å². The molecule has 1 aromatic heterocycles. The maximum atomic E-state index is 12.8. The second-order valence-electron chi connectivity index (χ2n) is 13.0. The van der Waals surface area contributed by atoms with E-state index in [1.54, 1.807) is 12.4 Å². The molecule has 1 fully saturated rings. The molecule has 4 nitrogen and oxygen atoms in total. The van der Waals surface area contributed by atoms with Gasteiger partial charge in [-0.05, 0) is 78.1 Å². The van der Waals surface area contributed by atoms with Crippen LogP contribution < -0.4 is 5.32 Å². The van der Waals surface area contributed by atoms with E-state index < -0.39 is 8.32 Å². The van der Waals surface area contributed by atoms with Crippen LogP contribution in [-0.4, -0.2) is 25.3 Å². The molecule has 0 saturated heterocycles. The fraction of sp³-hybridized carbons (Fsp3) is 0.625. The number of aromatic nitrogens is 1. The molecule has 0 radical (unpaired) electrons. The SMILES string of the molecule is CC/C(=C\C=C\[C@@H]1[C@H]2[C@H](C)[C@@H](O[Si](C)(C)C(C)(C)C)[C@H](C)C[C@@H]2C=C[C@@H]1C)C(=O)NCc1cccnc1. The molecule has 0 unspecified atom stereocenters. The van der Waals surface area contributed by atoms with Gasteiger partial charge in [-0.15, -0.1) is 0 Å². The van der Waals surface area contributed by atoms with Crippen molar-refractivity contribution in [2.75, 3.05) is 0 Å². The van der Waals surface area contributed by atoms with Crippen LogP contribution in [0.25, 0.3) is 0 Å². The topological polar surface area (TPSA) is 51.2 Å². The maximum absolute atomic E-state index is 12.8. The summed E-state index contributed by atoms with van der Waals surface area (Å²) in [7, 11) is -1.86. The number of carbonyl (C=O) groups excluding carboxylic acids is 1. The summed E-state index contributed by atoms with van der Waals surface area (Å²) in [5, 5.41) is 3.25. The Hall–Kier alpha value is -1.98. The van der Waals surface area contributed by atoms with E-state index in [1.165, 1.54) is 6.42 Å². The van der Waals surface area contributed by atoms with Gasteiger partial charge in [0.2, 0.25) is 5.91 Å². The molecule has 5 heteroatoms. The smallest absolute Gasteiger partial charge is 0.247 e. The number of pyridine rings is 1. The van der Waals surface area contributed by atoms with E-state index in [-0.39, 0.29) is 10.9 Å². The van der Waals surface area contributed by atoms with Crippen LogP contribution in [0.15, 0.2) is 60.5 Å². The normalized spacial score (nSPS) is 30.8. The number of rotatable bonds is 8. The Balaban J connectivity index is 1.75. The molecule has 2 aliphatic rings. The Morgan fingerprint density at radius 3 is 2.57 bits per heavy atom. The molecule has 204 valence electrons. The van der Waals surface area contributed by atoms with Crippen LogP contribution in [0, 0.1) is 35.5 Å². The van der Waals surface area contributed by atoms with Gasteiger partial charge in [-0.3, -0.25) is 9.78 Å². The summed E-state index contributed by atoms with van der Waals surface area (Å²) in [4.78, 5) is 16.9. The minimum absolute atomic E-state index is 0.00633. The number of nitrogens with zero attached hydrogens (tertiary/aromatic N) is 1. The van der Waals surface area contributed by atoms with Crippen LogP contribution in [0.1, 0.15) is 66.9 Å². The fourth-order valence-electron chi connectivity index (χ4n) is 5.98. The highest BCUT2D eigenvalue weighted by Gasteiger charge is 2.49. The monoisotopic (exact) mass is 522 g/mol. The lowest BCUT2D eigenvalue weighted by molar-refractivity contribution is -0.117. The van der Waals surface area contributed by atoms with Gasteiger partial charge in [-0.2, -0.15) is 0 Å². The Kier molecular flexibility index (Phi) is 9.79. The highest BCUT2D eigenvalue weighted by molar-refractivity contribution is 6.74. The molecular formula is C32H50N2O2Si. The summed E-state index contributed by atoms with van der Waals surface area (Å²) >= 11 is 0. The van der Waals surface area contributed by atoms with Crippen molar-refractivity contribution < 1.29 is 9.22 Å². The average Bonchev–Trinajstić information content (AvgIpc) is 2.84. The van der Waals surface area contributed by atoms with E-state index in [0.717, 1.165) is 11.1 Å². The van der Waals surface area contributed by atoms with Crippen molar-refractivity contribution in [3.8, 4) is 0 Å². The van der Waals surface area contributed by atoms with Gasteiger partial charge in [-0.1, -0.05) is 84.9 Å². The Morgan fingerprint density at radius 2 is 1.95 bits per heavy atom. The predicted octanol–water partition coefficient (Wildman–Crippen LogP) is 7.71. The average molecular weight is 523 g/mol. The molecule has 0 aliphatic heterocycles. The van der Waals surface area contributed by atoms with Crippen LogP contribution in [-0.2, 0) is 15.8 Å². The number of nitrogens with one attached hydrogen (secondary N) is 1. The summed E-state index contributed by atoms with van der Waals surface area (Å²) in [5.41, 5.74) is 1.81. The van der Waals surface area contributed by atoms with Gasteiger partial charge >= 0.3 is 0 Å².